The van der Waals surface area contributed by atoms with Crippen LogP contribution < -0.4 is 0 Å². The van der Waals surface area contributed by atoms with Crippen LogP contribution in [0.1, 0.15) is 26.7 Å². The van der Waals surface area contributed by atoms with E-state index in [0.29, 0.717) is 6.42 Å². The van der Waals surface area contributed by atoms with E-state index in [-0.39, 0.29) is 11.6 Å². The highest BCUT2D eigenvalue weighted by Gasteiger charge is 2.21. The summed E-state index contributed by atoms with van der Waals surface area (Å²) in [6, 6.07) is 0. The summed E-state index contributed by atoms with van der Waals surface area (Å²) >= 11 is 0. The van der Waals surface area contributed by atoms with E-state index in [9.17, 15) is 4.79 Å². The maximum absolute atomic E-state index is 11.1. The van der Waals surface area contributed by atoms with Gasteiger partial charge in [0, 0.05) is 46.4 Å². The molecular weight excluding hydrogens is 244 g/mol. The summed E-state index contributed by atoms with van der Waals surface area (Å²) in [5.41, 5.74) is -0.0397. The fourth-order valence-electron chi connectivity index (χ4n) is 2.12. The predicted molar refractivity (Wildman–Crippen MR) is 75.2 cm³/mol. The molecule has 1 rings (SSSR count). The number of nitrogens with zero attached hydrogens (tertiary/aromatic N) is 2. The lowest BCUT2D eigenvalue weighted by Crippen LogP contribution is -2.48. The van der Waals surface area contributed by atoms with Crippen molar-refractivity contribution in [3.05, 3.63) is 0 Å². The van der Waals surface area contributed by atoms with Crippen molar-refractivity contribution in [3.8, 4) is 0 Å². The Morgan fingerprint density at radius 2 is 1.58 bits per heavy atom. The Kier molecular flexibility index (Phi) is 6.75. The van der Waals surface area contributed by atoms with Crippen molar-refractivity contribution in [1.82, 2.24) is 9.80 Å². The molecule has 0 saturated carbocycles. The highest BCUT2D eigenvalue weighted by molar-refractivity contribution is 5.69. The fraction of sp³-hybridized carbons (Fsp3) is 0.929. The number of hydrogen-bond acceptors (Lipinski definition) is 5. The Morgan fingerprint density at radius 1 is 1.05 bits per heavy atom. The lowest BCUT2D eigenvalue weighted by molar-refractivity contribution is -0.141. The van der Waals surface area contributed by atoms with Crippen molar-refractivity contribution in [2.24, 2.45) is 0 Å². The molecule has 0 bridgehead atoms. The van der Waals surface area contributed by atoms with Crippen LogP contribution in [0.25, 0.3) is 0 Å². The molecule has 0 atom stereocenters. The van der Waals surface area contributed by atoms with Crippen LogP contribution in [0.2, 0.25) is 0 Å². The molecule has 19 heavy (non-hydrogen) atoms. The van der Waals surface area contributed by atoms with E-state index in [1.54, 1.807) is 7.11 Å². The van der Waals surface area contributed by atoms with Gasteiger partial charge in [0.25, 0.3) is 0 Å². The molecule has 1 heterocycles. The van der Waals surface area contributed by atoms with Gasteiger partial charge < -0.3 is 19.3 Å². The number of ether oxygens (including phenoxy) is 2. The number of methoxy groups -OCH3 is 2. The Bertz CT molecular complexity index is 274. The van der Waals surface area contributed by atoms with E-state index in [1.165, 1.54) is 7.11 Å². The molecular formula is C14H28N2O3. The third kappa shape index (κ3) is 6.36. The third-order valence-electron chi connectivity index (χ3n) is 3.91. The first-order chi connectivity index (χ1) is 8.96. The minimum Gasteiger partial charge on any atom is -0.469 e. The van der Waals surface area contributed by atoms with Gasteiger partial charge in [-0.2, -0.15) is 0 Å². The largest absolute Gasteiger partial charge is 0.469 e. The molecule has 1 aliphatic rings. The van der Waals surface area contributed by atoms with E-state index in [2.05, 4.69) is 28.4 Å². The van der Waals surface area contributed by atoms with Crippen molar-refractivity contribution >= 4 is 5.97 Å². The monoisotopic (exact) mass is 272 g/mol. The molecule has 1 saturated heterocycles. The van der Waals surface area contributed by atoms with Crippen molar-refractivity contribution in [3.63, 3.8) is 0 Å². The molecule has 112 valence electrons. The fourth-order valence-corrected chi connectivity index (χ4v) is 2.12. The van der Waals surface area contributed by atoms with Crippen molar-refractivity contribution < 1.29 is 14.3 Å². The van der Waals surface area contributed by atoms with E-state index in [1.807, 2.05) is 0 Å². The van der Waals surface area contributed by atoms with Gasteiger partial charge in [0.15, 0.2) is 0 Å². The minimum absolute atomic E-state index is 0.0397. The summed E-state index contributed by atoms with van der Waals surface area (Å²) in [7, 11) is 3.21. The molecule has 0 amide bonds. The van der Waals surface area contributed by atoms with E-state index >= 15 is 0 Å². The second kappa shape index (κ2) is 7.82. The number of hydrogen-bond donors (Lipinski definition) is 0. The van der Waals surface area contributed by atoms with E-state index < -0.39 is 0 Å². The average Bonchev–Trinajstić information content (AvgIpc) is 2.43. The molecule has 5 nitrogen and oxygen atoms in total. The standard InChI is InChI=1S/C14H28N2O3/c1-14(2,19-4)6-8-16-11-9-15(10-12-16)7-5-13(17)18-3/h5-12H2,1-4H3. The first-order valence-electron chi connectivity index (χ1n) is 7.03. The summed E-state index contributed by atoms with van der Waals surface area (Å²) in [5.74, 6) is -0.121. The summed E-state index contributed by atoms with van der Waals surface area (Å²) < 4.78 is 10.1. The molecule has 0 aliphatic carbocycles. The number of rotatable bonds is 7. The van der Waals surface area contributed by atoms with Crippen LogP contribution in [-0.2, 0) is 14.3 Å². The predicted octanol–water partition coefficient (Wildman–Crippen LogP) is 0.982. The molecule has 0 aromatic rings. The molecule has 0 aromatic carbocycles. The zero-order valence-corrected chi connectivity index (χ0v) is 12.8. The topological polar surface area (TPSA) is 42.0 Å². The van der Waals surface area contributed by atoms with Crippen molar-refractivity contribution in [2.75, 3.05) is 53.5 Å². The summed E-state index contributed by atoms with van der Waals surface area (Å²) in [4.78, 5) is 15.9. The minimum atomic E-state index is -0.121. The smallest absolute Gasteiger partial charge is 0.306 e. The van der Waals surface area contributed by atoms with Gasteiger partial charge in [-0.15, -0.1) is 0 Å². The SMILES string of the molecule is COC(=O)CCN1CCN(CCC(C)(C)OC)CC1. The Labute approximate surface area is 116 Å². The molecule has 0 N–H and O–H groups in total. The van der Waals surface area contributed by atoms with Crippen LogP contribution in [0.3, 0.4) is 0 Å². The number of carbonyl (C=O) groups is 1. The summed E-state index contributed by atoms with van der Waals surface area (Å²) in [6.07, 6.45) is 1.54. The van der Waals surface area contributed by atoms with E-state index in [0.717, 1.165) is 45.7 Å². The van der Waals surface area contributed by atoms with Crippen LogP contribution >= 0.6 is 0 Å². The maximum Gasteiger partial charge on any atom is 0.306 e. The Morgan fingerprint density at radius 3 is 2.05 bits per heavy atom. The van der Waals surface area contributed by atoms with Crippen LogP contribution in [0.5, 0.6) is 0 Å². The van der Waals surface area contributed by atoms with Gasteiger partial charge in [0.05, 0.1) is 19.1 Å². The molecule has 1 fully saturated rings. The molecule has 1 aliphatic heterocycles. The van der Waals surface area contributed by atoms with Gasteiger partial charge in [-0.1, -0.05) is 0 Å². The maximum atomic E-state index is 11.1. The quantitative estimate of drug-likeness (QED) is 0.646. The lowest BCUT2D eigenvalue weighted by atomic mass is 10.0. The third-order valence-corrected chi connectivity index (χ3v) is 3.91. The number of carbonyl (C=O) groups excluding carboxylic acids is 1. The van der Waals surface area contributed by atoms with Gasteiger partial charge >= 0.3 is 5.97 Å². The number of piperazine rings is 1. The first kappa shape index (κ1) is 16.4. The average molecular weight is 272 g/mol. The number of esters is 1. The van der Waals surface area contributed by atoms with Gasteiger partial charge in [0.1, 0.15) is 0 Å². The second-order valence-electron chi connectivity index (χ2n) is 5.72. The zero-order valence-electron chi connectivity index (χ0n) is 12.8. The van der Waals surface area contributed by atoms with Crippen LogP contribution in [0.4, 0.5) is 0 Å². The second-order valence-corrected chi connectivity index (χ2v) is 5.72. The molecule has 0 unspecified atom stereocenters. The van der Waals surface area contributed by atoms with Gasteiger partial charge in [-0.25, -0.2) is 0 Å². The molecule has 0 spiro atoms. The zero-order chi connectivity index (χ0) is 14.3. The molecule has 0 aromatic heterocycles. The van der Waals surface area contributed by atoms with Gasteiger partial charge in [-0.05, 0) is 20.3 Å². The summed E-state index contributed by atoms with van der Waals surface area (Å²) in [6.45, 7) is 10.3. The molecule has 5 heteroatoms. The van der Waals surface area contributed by atoms with Gasteiger partial charge in [0.2, 0.25) is 0 Å². The van der Waals surface area contributed by atoms with Gasteiger partial charge in [-0.3, -0.25) is 4.79 Å². The Balaban J connectivity index is 2.17. The Hall–Kier alpha value is -0.650. The van der Waals surface area contributed by atoms with Crippen LogP contribution in [0, 0.1) is 0 Å². The highest BCUT2D eigenvalue weighted by atomic mass is 16.5. The van der Waals surface area contributed by atoms with E-state index in [4.69, 9.17) is 4.74 Å². The highest BCUT2D eigenvalue weighted by Crippen LogP contribution is 2.14. The van der Waals surface area contributed by atoms with Crippen molar-refractivity contribution in [1.29, 1.82) is 0 Å². The van der Waals surface area contributed by atoms with Crippen LogP contribution in [-0.4, -0.2) is 74.9 Å². The van der Waals surface area contributed by atoms with Crippen molar-refractivity contribution in [2.45, 2.75) is 32.3 Å². The first-order valence-corrected chi connectivity index (χ1v) is 7.03. The normalized spacial score (nSPS) is 18.5. The molecule has 0 radical (unpaired) electrons. The van der Waals surface area contributed by atoms with Crippen LogP contribution in [0.15, 0.2) is 0 Å². The summed E-state index contributed by atoms with van der Waals surface area (Å²) in [5, 5.41) is 0. The lowest BCUT2D eigenvalue weighted by Gasteiger charge is -2.36.